The minimum absolute atomic E-state index is 0.0972. The first-order chi connectivity index (χ1) is 12.4. The van der Waals surface area contributed by atoms with E-state index in [4.69, 9.17) is 4.18 Å². The molecule has 26 heavy (non-hydrogen) atoms. The van der Waals surface area contributed by atoms with Gasteiger partial charge in [0.15, 0.2) is 0 Å². The zero-order valence-corrected chi connectivity index (χ0v) is 16.6. The summed E-state index contributed by atoms with van der Waals surface area (Å²) >= 11 is 3.42. The van der Waals surface area contributed by atoms with Gasteiger partial charge in [0.05, 0.1) is 29.1 Å². The zero-order valence-electron chi connectivity index (χ0n) is 14.2. The van der Waals surface area contributed by atoms with E-state index in [1.54, 1.807) is 28.9 Å². The molecule has 6 nitrogen and oxygen atoms in total. The molecule has 8 heteroatoms. The highest BCUT2D eigenvalue weighted by atomic mass is 79.9. The second-order valence-corrected chi connectivity index (χ2v) is 8.36. The van der Waals surface area contributed by atoms with Crippen LogP contribution in [0, 0.1) is 6.92 Å². The highest BCUT2D eigenvalue weighted by Crippen LogP contribution is 2.16. The molecule has 2 aromatic carbocycles. The van der Waals surface area contributed by atoms with Gasteiger partial charge in [-0.3, -0.25) is 4.18 Å². The number of hydrogen-bond acceptors (Lipinski definition) is 5. The highest BCUT2D eigenvalue weighted by molar-refractivity contribution is 9.10. The summed E-state index contributed by atoms with van der Waals surface area (Å²) in [4.78, 5) is 0.170. The maximum Gasteiger partial charge on any atom is 0.296 e. The Bertz CT molecular complexity index is 985. The van der Waals surface area contributed by atoms with Crippen molar-refractivity contribution in [2.75, 3.05) is 6.61 Å². The average molecular weight is 436 g/mol. The Morgan fingerprint density at radius 1 is 1.15 bits per heavy atom. The lowest BCUT2D eigenvalue weighted by molar-refractivity contribution is 0.312. The molecule has 0 atom stereocenters. The molecule has 0 fully saturated rings. The SMILES string of the molecule is Cc1ccc(S(=O)(=O)OCCCc2cn(-c3cccc(Br)c3)nn2)cc1. The molecule has 3 aromatic rings. The Balaban J connectivity index is 1.53. The Labute approximate surface area is 161 Å². The number of nitrogens with zero attached hydrogens (tertiary/aromatic N) is 3. The number of aryl methyl sites for hydroxylation is 2. The maximum absolute atomic E-state index is 12.1. The molecule has 0 radical (unpaired) electrons. The predicted octanol–water partition coefficient (Wildman–Crippen LogP) is 3.68. The van der Waals surface area contributed by atoms with Gasteiger partial charge >= 0.3 is 0 Å². The van der Waals surface area contributed by atoms with Crippen LogP contribution in [0.5, 0.6) is 0 Å². The third-order valence-corrected chi connectivity index (χ3v) is 5.56. The lowest BCUT2D eigenvalue weighted by atomic mass is 10.2. The summed E-state index contributed by atoms with van der Waals surface area (Å²) in [6.45, 7) is 2.00. The van der Waals surface area contributed by atoms with Crippen LogP contribution in [0.2, 0.25) is 0 Å². The molecule has 3 rings (SSSR count). The summed E-state index contributed by atoms with van der Waals surface area (Å²) in [7, 11) is -3.72. The van der Waals surface area contributed by atoms with E-state index in [-0.39, 0.29) is 11.5 Å². The average Bonchev–Trinajstić information content (AvgIpc) is 3.08. The van der Waals surface area contributed by atoms with Crippen LogP contribution in [-0.2, 0) is 20.7 Å². The monoisotopic (exact) mass is 435 g/mol. The van der Waals surface area contributed by atoms with Gasteiger partial charge in [0.25, 0.3) is 10.1 Å². The van der Waals surface area contributed by atoms with E-state index in [9.17, 15) is 8.42 Å². The Morgan fingerprint density at radius 3 is 2.65 bits per heavy atom. The van der Waals surface area contributed by atoms with Crippen molar-refractivity contribution in [3.8, 4) is 5.69 Å². The van der Waals surface area contributed by atoms with E-state index in [2.05, 4.69) is 26.2 Å². The van der Waals surface area contributed by atoms with Crippen LogP contribution in [0.1, 0.15) is 17.7 Å². The number of hydrogen-bond donors (Lipinski definition) is 0. The molecule has 0 spiro atoms. The summed E-state index contributed by atoms with van der Waals surface area (Å²) in [5, 5.41) is 8.21. The summed E-state index contributed by atoms with van der Waals surface area (Å²) in [5.41, 5.74) is 2.68. The highest BCUT2D eigenvalue weighted by Gasteiger charge is 2.14. The smallest absolute Gasteiger partial charge is 0.266 e. The van der Waals surface area contributed by atoms with E-state index in [0.717, 1.165) is 21.4 Å². The number of halogens is 1. The molecule has 0 aliphatic rings. The fourth-order valence-corrected chi connectivity index (χ4v) is 3.68. The fourth-order valence-electron chi connectivity index (χ4n) is 2.35. The topological polar surface area (TPSA) is 74.1 Å². The van der Waals surface area contributed by atoms with E-state index in [0.29, 0.717) is 12.8 Å². The maximum atomic E-state index is 12.1. The van der Waals surface area contributed by atoms with Gasteiger partial charge < -0.3 is 0 Å². The van der Waals surface area contributed by atoms with Gasteiger partial charge in [-0.15, -0.1) is 5.10 Å². The summed E-state index contributed by atoms with van der Waals surface area (Å²) < 4.78 is 32.0. The third kappa shape index (κ3) is 4.78. The van der Waals surface area contributed by atoms with Crippen LogP contribution in [0.3, 0.4) is 0 Å². The van der Waals surface area contributed by atoms with Crippen LogP contribution in [0.15, 0.2) is 64.1 Å². The molecule has 0 bridgehead atoms. The van der Waals surface area contributed by atoms with E-state index < -0.39 is 10.1 Å². The Kier molecular flexibility index (Phi) is 5.85. The minimum Gasteiger partial charge on any atom is -0.266 e. The van der Waals surface area contributed by atoms with Gasteiger partial charge in [-0.2, -0.15) is 8.42 Å². The van der Waals surface area contributed by atoms with E-state index in [1.807, 2.05) is 37.4 Å². The second-order valence-electron chi connectivity index (χ2n) is 5.83. The molecule has 0 saturated heterocycles. The molecular formula is C18H18BrN3O3S. The summed E-state index contributed by atoms with van der Waals surface area (Å²) in [6.07, 6.45) is 2.94. The largest absolute Gasteiger partial charge is 0.296 e. The van der Waals surface area contributed by atoms with Crippen LogP contribution in [0.4, 0.5) is 0 Å². The molecule has 1 aromatic heterocycles. The van der Waals surface area contributed by atoms with Gasteiger partial charge in [0.2, 0.25) is 0 Å². The van der Waals surface area contributed by atoms with Crippen LogP contribution >= 0.6 is 15.9 Å². The molecule has 1 heterocycles. The van der Waals surface area contributed by atoms with Gasteiger partial charge in [0.1, 0.15) is 0 Å². The fraction of sp³-hybridized carbons (Fsp3) is 0.222. The molecule has 0 aliphatic carbocycles. The molecule has 0 aliphatic heterocycles. The molecule has 0 unspecified atom stereocenters. The van der Waals surface area contributed by atoms with Gasteiger partial charge in [-0.25, -0.2) is 4.68 Å². The molecule has 136 valence electrons. The van der Waals surface area contributed by atoms with Gasteiger partial charge in [-0.1, -0.05) is 44.9 Å². The number of rotatable bonds is 7. The van der Waals surface area contributed by atoms with Crippen molar-refractivity contribution >= 4 is 26.0 Å². The molecule has 0 N–H and O–H groups in total. The first kappa shape index (κ1) is 18.8. The van der Waals surface area contributed by atoms with Crippen molar-refractivity contribution in [2.24, 2.45) is 0 Å². The first-order valence-corrected chi connectivity index (χ1v) is 10.3. The van der Waals surface area contributed by atoms with Crippen LogP contribution < -0.4 is 0 Å². The van der Waals surface area contributed by atoms with Gasteiger partial charge in [-0.05, 0) is 50.1 Å². The quantitative estimate of drug-likeness (QED) is 0.417. The summed E-state index contributed by atoms with van der Waals surface area (Å²) in [6, 6.07) is 14.3. The molecular weight excluding hydrogens is 418 g/mol. The van der Waals surface area contributed by atoms with Crippen molar-refractivity contribution in [2.45, 2.75) is 24.7 Å². The third-order valence-electron chi connectivity index (χ3n) is 3.74. The van der Waals surface area contributed by atoms with Crippen molar-refractivity contribution in [3.63, 3.8) is 0 Å². The van der Waals surface area contributed by atoms with Gasteiger partial charge in [0, 0.05) is 4.47 Å². The standard InChI is InChI=1S/C18H18BrN3O3S/c1-14-7-9-18(10-8-14)26(23,24)25-11-3-5-16-13-22(21-20-16)17-6-2-4-15(19)12-17/h2,4,6-10,12-13H,3,5,11H2,1H3. The van der Waals surface area contributed by atoms with Crippen LogP contribution in [-0.4, -0.2) is 30.0 Å². The van der Waals surface area contributed by atoms with Crippen molar-refractivity contribution in [1.29, 1.82) is 0 Å². The molecule has 0 saturated carbocycles. The summed E-state index contributed by atoms with van der Waals surface area (Å²) in [5.74, 6) is 0. The minimum atomic E-state index is -3.72. The number of aromatic nitrogens is 3. The van der Waals surface area contributed by atoms with Crippen molar-refractivity contribution in [3.05, 3.63) is 70.5 Å². The Hall–Kier alpha value is -2.03. The zero-order chi connectivity index (χ0) is 18.6. The van der Waals surface area contributed by atoms with Crippen molar-refractivity contribution in [1.82, 2.24) is 15.0 Å². The lowest BCUT2D eigenvalue weighted by Crippen LogP contribution is -2.08. The van der Waals surface area contributed by atoms with E-state index >= 15 is 0 Å². The molecule has 0 amide bonds. The Morgan fingerprint density at radius 2 is 1.92 bits per heavy atom. The predicted molar refractivity (Wildman–Crippen MR) is 102 cm³/mol. The van der Waals surface area contributed by atoms with E-state index in [1.165, 1.54) is 0 Å². The number of benzene rings is 2. The van der Waals surface area contributed by atoms with Crippen LogP contribution in [0.25, 0.3) is 5.69 Å². The normalized spacial score (nSPS) is 11.6. The van der Waals surface area contributed by atoms with Crippen molar-refractivity contribution < 1.29 is 12.6 Å². The first-order valence-electron chi connectivity index (χ1n) is 8.07. The lowest BCUT2D eigenvalue weighted by Gasteiger charge is -2.05. The second kappa shape index (κ2) is 8.11.